The van der Waals surface area contributed by atoms with Gasteiger partial charge in [-0.2, -0.15) is 0 Å². The molecule has 0 unspecified atom stereocenters. The lowest BCUT2D eigenvalue weighted by Crippen LogP contribution is -2.00. The Kier molecular flexibility index (Phi) is 4.43. The molecule has 1 N–H and O–H groups in total. The molecule has 3 nitrogen and oxygen atoms in total. The number of benzene rings is 2. The molecule has 0 atom stereocenters. The average molecular weight is 289 g/mol. The van der Waals surface area contributed by atoms with Crippen molar-refractivity contribution in [2.45, 2.75) is 0 Å². The summed E-state index contributed by atoms with van der Waals surface area (Å²) in [6, 6.07) is 11.8. The van der Waals surface area contributed by atoms with Crippen LogP contribution in [0.4, 0.5) is 0 Å². The number of carbonyl (C=O) groups excluding carboxylic acids is 1. The molecule has 20 heavy (non-hydrogen) atoms. The second-order valence-electron chi connectivity index (χ2n) is 4.15. The minimum Gasteiger partial charge on any atom is -0.508 e. The predicted molar refractivity (Wildman–Crippen MR) is 79.8 cm³/mol. The summed E-state index contributed by atoms with van der Waals surface area (Å²) in [5.41, 5.74) is 2.25. The minimum absolute atomic E-state index is 0.134. The number of aromatic hydroxyl groups is 1. The number of rotatable bonds is 3. The van der Waals surface area contributed by atoms with Gasteiger partial charge in [0.25, 0.3) is 0 Å². The van der Waals surface area contributed by atoms with Crippen molar-refractivity contribution >= 4 is 29.7 Å². The zero-order valence-electron chi connectivity index (χ0n) is 10.8. The Morgan fingerprint density at radius 3 is 2.45 bits per heavy atom. The molecule has 0 radical (unpaired) electrons. The first-order chi connectivity index (χ1) is 9.60. The molecule has 0 saturated heterocycles. The van der Waals surface area contributed by atoms with E-state index in [-0.39, 0.29) is 11.7 Å². The lowest BCUT2D eigenvalue weighted by molar-refractivity contribution is 0.0600. The Morgan fingerprint density at radius 2 is 1.85 bits per heavy atom. The fourth-order valence-electron chi connectivity index (χ4n) is 1.69. The summed E-state index contributed by atoms with van der Waals surface area (Å²) < 4.78 is 4.63. The molecule has 0 aliphatic heterocycles. The van der Waals surface area contributed by atoms with Gasteiger partial charge < -0.3 is 9.84 Å². The number of halogens is 1. The Balaban J connectivity index is 2.17. The molecule has 0 heterocycles. The number of methoxy groups -OCH3 is 1. The molecule has 0 aromatic heterocycles. The van der Waals surface area contributed by atoms with Crippen molar-refractivity contribution in [3.8, 4) is 5.75 Å². The second-order valence-corrected chi connectivity index (χ2v) is 4.56. The van der Waals surface area contributed by atoms with Crippen LogP contribution >= 0.6 is 11.6 Å². The summed E-state index contributed by atoms with van der Waals surface area (Å²) in [6.07, 6.45) is 3.72. The first kappa shape index (κ1) is 14.2. The Labute approximate surface area is 122 Å². The van der Waals surface area contributed by atoms with Gasteiger partial charge in [0.15, 0.2) is 0 Å². The SMILES string of the molecule is COC(=O)c1ccc(/C=C/c2ccc(O)cc2Cl)cc1. The number of hydrogen-bond donors (Lipinski definition) is 1. The van der Waals surface area contributed by atoms with Crippen molar-refractivity contribution < 1.29 is 14.6 Å². The van der Waals surface area contributed by atoms with Gasteiger partial charge in [-0.3, -0.25) is 0 Å². The highest BCUT2D eigenvalue weighted by Crippen LogP contribution is 2.23. The largest absolute Gasteiger partial charge is 0.508 e. The standard InChI is InChI=1S/C16H13ClO3/c1-20-16(19)13-6-3-11(4-7-13)2-5-12-8-9-14(18)10-15(12)17/h2-10,18H,1H3/b5-2+. The van der Waals surface area contributed by atoms with Gasteiger partial charge in [0.05, 0.1) is 17.7 Å². The van der Waals surface area contributed by atoms with Gasteiger partial charge in [-0.05, 0) is 41.5 Å². The Hall–Kier alpha value is -2.26. The minimum atomic E-state index is -0.359. The maximum Gasteiger partial charge on any atom is 0.337 e. The van der Waals surface area contributed by atoms with Gasteiger partial charge in [0.1, 0.15) is 5.75 Å². The van der Waals surface area contributed by atoms with Crippen LogP contribution in [0, 0.1) is 0 Å². The molecule has 0 amide bonds. The summed E-state index contributed by atoms with van der Waals surface area (Å²) in [7, 11) is 1.35. The smallest absolute Gasteiger partial charge is 0.337 e. The summed E-state index contributed by atoms with van der Waals surface area (Å²) in [6.45, 7) is 0. The van der Waals surface area contributed by atoms with Crippen LogP contribution in [0.2, 0.25) is 5.02 Å². The van der Waals surface area contributed by atoms with Crippen molar-refractivity contribution in [2.24, 2.45) is 0 Å². The summed E-state index contributed by atoms with van der Waals surface area (Å²) in [5, 5.41) is 9.76. The highest BCUT2D eigenvalue weighted by molar-refractivity contribution is 6.32. The highest BCUT2D eigenvalue weighted by atomic mass is 35.5. The van der Waals surface area contributed by atoms with Crippen LogP contribution in [0.25, 0.3) is 12.2 Å². The number of hydrogen-bond acceptors (Lipinski definition) is 3. The number of phenols is 1. The summed E-state index contributed by atoms with van der Waals surface area (Å²) in [5.74, 6) is -0.225. The second kappa shape index (κ2) is 6.26. The van der Waals surface area contributed by atoms with Crippen LogP contribution in [0.3, 0.4) is 0 Å². The van der Waals surface area contributed by atoms with Crippen LogP contribution in [0.1, 0.15) is 21.5 Å². The van der Waals surface area contributed by atoms with Gasteiger partial charge in [-0.1, -0.05) is 35.9 Å². The van der Waals surface area contributed by atoms with Gasteiger partial charge >= 0.3 is 5.97 Å². The third-order valence-corrected chi connectivity index (χ3v) is 3.10. The molecule has 102 valence electrons. The first-order valence-corrected chi connectivity index (χ1v) is 6.33. The molecule has 0 fully saturated rings. The van der Waals surface area contributed by atoms with Crippen molar-refractivity contribution in [3.63, 3.8) is 0 Å². The Morgan fingerprint density at radius 1 is 1.15 bits per heavy atom. The quantitative estimate of drug-likeness (QED) is 0.686. The maximum atomic E-state index is 11.3. The monoisotopic (exact) mass is 288 g/mol. The topological polar surface area (TPSA) is 46.5 Å². The van der Waals surface area contributed by atoms with Crippen molar-refractivity contribution in [1.82, 2.24) is 0 Å². The van der Waals surface area contributed by atoms with Crippen molar-refractivity contribution in [1.29, 1.82) is 0 Å². The zero-order chi connectivity index (χ0) is 14.5. The average Bonchev–Trinajstić information content (AvgIpc) is 2.46. The normalized spacial score (nSPS) is 10.7. The van der Waals surface area contributed by atoms with E-state index in [0.29, 0.717) is 10.6 Å². The molecule has 0 bridgehead atoms. The summed E-state index contributed by atoms with van der Waals surface area (Å²) in [4.78, 5) is 11.3. The van der Waals surface area contributed by atoms with Crippen LogP contribution in [-0.4, -0.2) is 18.2 Å². The third-order valence-electron chi connectivity index (χ3n) is 2.77. The van der Waals surface area contributed by atoms with E-state index >= 15 is 0 Å². The Bertz CT molecular complexity index is 645. The molecule has 0 spiro atoms. The fourth-order valence-corrected chi connectivity index (χ4v) is 1.92. The van der Waals surface area contributed by atoms with Gasteiger partial charge in [0.2, 0.25) is 0 Å². The fraction of sp³-hybridized carbons (Fsp3) is 0.0625. The van der Waals surface area contributed by atoms with E-state index in [1.807, 2.05) is 24.3 Å². The molecular formula is C16H13ClO3. The highest BCUT2D eigenvalue weighted by Gasteiger charge is 2.03. The molecule has 0 aliphatic rings. The molecule has 4 heteroatoms. The van der Waals surface area contributed by atoms with E-state index in [4.69, 9.17) is 11.6 Å². The van der Waals surface area contributed by atoms with Crippen LogP contribution in [0.5, 0.6) is 5.75 Å². The molecular weight excluding hydrogens is 276 g/mol. The number of carbonyl (C=O) groups is 1. The van der Waals surface area contributed by atoms with E-state index in [0.717, 1.165) is 11.1 Å². The zero-order valence-corrected chi connectivity index (χ0v) is 11.6. The van der Waals surface area contributed by atoms with Crippen LogP contribution < -0.4 is 0 Å². The molecule has 0 aliphatic carbocycles. The summed E-state index contributed by atoms with van der Waals surface area (Å²) >= 11 is 6.01. The molecule has 2 aromatic rings. The van der Waals surface area contributed by atoms with E-state index in [1.54, 1.807) is 24.3 Å². The van der Waals surface area contributed by atoms with E-state index in [9.17, 15) is 9.90 Å². The molecule has 2 aromatic carbocycles. The number of esters is 1. The lowest BCUT2D eigenvalue weighted by Gasteiger charge is -2.01. The maximum absolute atomic E-state index is 11.3. The van der Waals surface area contributed by atoms with Crippen LogP contribution in [-0.2, 0) is 4.74 Å². The van der Waals surface area contributed by atoms with Gasteiger partial charge in [0, 0.05) is 0 Å². The number of ether oxygens (including phenoxy) is 1. The third kappa shape index (κ3) is 3.39. The number of phenolic OH excluding ortho intramolecular Hbond substituents is 1. The van der Waals surface area contributed by atoms with E-state index in [1.165, 1.54) is 13.2 Å². The van der Waals surface area contributed by atoms with Crippen molar-refractivity contribution in [2.75, 3.05) is 7.11 Å². The molecule has 2 rings (SSSR count). The van der Waals surface area contributed by atoms with Crippen molar-refractivity contribution in [3.05, 3.63) is 64.2 Å². The van der Waals surface area contributed by atoms with E-state index < -0.39 is 0 Å². The lowest BCUT2D eigenvalue weighted by atomic mass is 10.1. The van der Waals surface area contributed by atoms with E-state index in [2.05, 4.69) is 4.74 Å². The molecule has 0 saturated carbocycles. The first-order valence-electron chi connectivity index (χ1n) is 5.95. The van der Waals surface area contributed by atoms with Gasteiger partial charge in [-0.15, -0.1) is 0 Å². The predicted octanol–water partition coefficient (Wildman–Crippen LogP) is 4.00. The van der Waals surface area contributed by atoms with Gasteiger partial charge in [-0.25, -0.2) is 4.79 Å². The van der Waals surface area contributed by atoms with Crippen LogP contribution in [0.15, 0.2) is 42.5 Å².